The van der Waals surface area contributed by atoms with Crippen LogP contribution in [0.25, 0.3) is 0 Å². The van der Waals surface area contributed by atoms with Crippen molar-refractivity contribution in [1.82, 2.24) is 9.62 Å². The largest absolute Gasteiger partial charge is 0.497 e. The van der Waals surface area contributed by atoms with Crippen LogP contribution in [-0.2, 0) is 29.6 Å². The molecule has 0 unspecified atom stereocenters. The molecule has 1 aliphatic heterocycles. The molecule has 1 N–H and O–H groups in total. The Morgan fingerprint density at radius 3 is 2.36 bits per heavy atom. The van der Waals surface area contributed by atoms with Crippen LogP contribution in [0.15, 0.2) is 53.4 Å². The molecule has 1 amide bonds. The monoisotopic (exact) mass is 541 g/mol. The lowest BCUT2D eigenvalue weighted by molar-refractivity contribution is -0.121. The van der Waals surface area contributed by atoms with Gasteiger partial charge in [-0.2, -0.15) is 4.31 Å². The number of carbonyl (C=O) groups is 1. The lowest BCUT2D eigenvalue weighted by Gasteiger charge is -2.28. The average Bonchev–Trinajstić information content (AvgIpc) is 2.86. The van der Waals surface area contributed by atoms with E-state index in [0.717, 1.165) is 10.6 Å². The van der Waals surface area contributed by atoms with Crippen molar-refractivity contribution in [1.29, 1.82) is 0 Å². The van der Waals surface area contributed by atoms with Gasteiger partial charge in [-0.05, 0) is 43.3 Å². The van der Waals surface area contributed by atoms with Crippen molar-refractivity contribution in [2.75, 3.05) is 57.1 Å². The first kappa shape index (κ1) is 27.7. The van der Waals surface area contributed by atoms with Crippen LogP contribution in [0.2, 0.25) is 0 Å². The zero-order valence-electron chi connectivity index (χ0n) is 20.4. The van der Waals surface area contributed by atoms with Crippen molar-refractivity contribution < 1.29 is 35.8 Å². The van der Waals surface area contributed by atoms with Crippen molar-refractivity contribution in [2.24, 2.45) is 0 Å². The summed E-state index contributed by atoms with van der Waals surface area (Å²) in [5.74, 6) is 0.400. The summed E-state index contributed by atoms with van der Waals surface area (Å²) in [6.45, 7) is 3.07. The fraction of sp³-hybridized carbons (Fsp3) is 0.435. The molecule has 1 fully saturated rings. The second-order valence-corrected chi connectivity index (χ2v) is 11.9. The first-order chi connectivity index (χ1) is 17.0. The lowest BCUT2D eigenvalue weighted by Crippen LogP contribution is -2.48. The summed E-state index contributed by atoms with van der Waals surface area (Å²) < 4.78 is 68.6. The summed E-state index contributed by atoms with van der Waals surface area (Å²) in [6, 6.07) is 11.5. The van der Waals surface area contributed by atoms with Gasteiger partial charge in [-0.25, -0.2) is 16.8 Å². The fourth-order valence-electron chi connectivity index (χ4n) is 3.69. The zero-order valence-corrected chi connectivity index (χ0v) is 22.0. The van der Waals surface area contributed by atoms with Crippen LogP contribution >= 0.6 is 0 Å². The zero-order chi connectivity index (χ0) is 26.3. The molecule has 0 bridgehead atoms. The van der Waals surface area contributed by atoms with Crippen LogP contribution in [0.5, 0.6) is 11.5 Å². The average molecular weight is 542 g/mol. The van der Waals surface area contributed by atoms with E-state index >= 15 is 0 Å². The second-order valence-electron chi connectivity index (χ2n) is 8.06. The minimum absolute atomic E-state index is 0.103. The molecule has 2 aromatic carbocycles. The Bertz CT molecular complexity index is 1240. The Kier molecular flexibility index (Phi) is 9.17. The van der Waals surface area contributed by atoms with Crippen molar-refractivity contribution in [2.45, 2.75) is 17.9 Å². The molecular weight excluding hydrogens is 510 g/mol. The number of rotatable bonds is 11. The van der Waals surface area contributed by atoms with Gasteiger partial charge >= 0.3 is 0 Å². The highest BCUT2D eigenvalue weighted by Crippen LogP contribution is 2.25. The summed E-state index contributed by atoms with van der Waals surface area (Å²) in [5.41, 5.74) is 0.308. The van der Waals surface area contributed by atoms with Crippen LogP contribution in [-0.4, -0.2) is 85.9 Å². The van der Waals surface area contributed by atoms with E-state index in [2.05, 4.69) is 5.32 Å². The number of amides is 1. The van der Waals surface area contributed by atoms with Gasteiger partial charge in [-0.3, -0.25) is 9.10 Å². The Labute approximate surface area is 212 Å². The highest BCUT2D eigenvalue weighted by Gasteiger charge is 2.29. The fourth-order valence-corrected chi connectivity index (χ4v) is 6.27. The van der Waals surface area contributed by atoms with Gasteiger partial charge in [0.1, 0.15) is 24.1 Å². The SMILES string of the molecule is COc1cccc(N([C@H](C)C(=O)NCCOc2ccc(S(=O)(=O)N3CCOCC3)cc2)S(C)(=O)=O)c1. The minimum atomic E-state index is -3.76. The molecule has 0 radical (unpaired) electrons. The minimum Gasteiger partial charge on any atom is -0.497 e. The molecule has 1 heterocycles. The van der Waals surface area contributed by atoms with Crippen LogP contribution in [0.3, 0.4) is 0 Å². The predicted molar refractivity (Wildman–Crippen MR) is 134 cm³/mol. The molecule has 198 valence electrons. The number of sulfonamides is 2. The Hall–Kier alpha value is -2.87. The summed E-state index contributed by atoms with van der Waals surface area (Å²) in [6.07, 6.45) is 1.03. The third-order valence-electron chi connectivity index (χ3n) is 5.50. The Morgan fingerprint density at radius 2 is 1.75 bits per heavy atom. The quantitative estimate of drug-likeness (QED) is 0.418. The molecule has 36 heavy (non-hydrogen) atoms. The van der Waals surface area contributed by atoms with E-state index in [9.17, 15) is 21.6 Å². The number of anilines is 1. The van der Waals surface area contributed by atoms with Gasteiger partial charge < -0.3 is 19.5 Å². The van der Waals surface area contributed by atoms with E-state index in [0.29, 0.717) is 43.5 Å². The Balaban J connectivity index is 1.55. The maximum atomic E-state index is 12.7. The van der Waals surface area contributed by atoms with Gasteiger partial charge in [0.25, 0.3) is 0 Å². The van der Waals surface area contributed by atoms with E-state index in [1.165, 1.54) is 36.5 Å². The summed E-state index contributed by atoms with van der Waals surface area (Å²) in [5, 5.41) is 2.67. The van der Waals surface area contributed by atoms with Crippen LogP contribution in [0.4, 0.5) is 5.69 Å². The van der Waals surface area contributed by atoms with E-state index in [-0.39, 0.29) is 18.0 Å². The molecule has 0 aliphatic carbocycles. The summed E-state index contributed by atoms with van der Waals surface area (Å²) in [4.78, 5) is 12.9. The summed E-state index contributed by atoms with van der Waals surface area (Å²) in [7, 11) is -5.88. The van der Waals surface area contributed by atoms with E-state index < -0.39 is 32.0 Å². The number of methoxy groups -OCH3 is 1. The van der Waals surface area contributed by atoms with Crippen LogP contribution in [0.1, 0.15) is 6.92 Å². The number of nitrogens with one attached hydrogen (secondary N) is 1. The van der Waals surface area contributed by atoms with Gasteiger partial charge in [0.05, 0.1) is 43.7 Å². The van der Waals surface area contributed by atoms with Crippen molar-refractivity contribution >= 4 is 31.6 Å². The molecule has 0 spiro atoms. The molecule has 1 aliphatic rings. The summed E-state index contributed by atoms with van der Waals surface area (Å²) >= 11 is 0. The van der Waals surface area contributed by atoms with Crippen molar-refractivity contribution in [3.8, 4) is 11.5 Å². The van der Waals surface area contributed by atoms with E-state index in [1.807, 2.05) is 0 Å². The highest BCUT2D eigenvalue weighted by molar-refractivity contribution is 7.92. The molecule has 1 saturated heterocycles. The molecular formula is C23H31N3O8S2. The Morgan fingerprint density at radius 1 is 1.08 bits per heavy atom. The van der Waals surface area contributed by atoms with Crippen LogP contribution < -0.4 is 19.1 Å². The lowest BCUT2D eigenvalue weighted by atomic mass is 10.2. The number of hydrogen-bond acceptors (Lipinski definition) is 8. The molecule has 11 nitrogen and oxygen atoms in total. The topological polar surface area (TPSA) is 132 Å². The number of benzene rings is 2. The first-order valence-electron chi connectivity index (χ1n) is 11.3. The number of nitrogens with zero attached hydrogens (tertiary/aromatic N) is 2. The normalized spacial score (nSPS) is 15.6. The maximum absolute atomic E-state index is 12.7. The molecule has 0 saturated carbocycles. The first-order valence-corrected chi connectivity index (χ1v) is 14.5. The number of morpholine rings is 1. The number of carbonyl (C=O) groups excluding carboxylic acids is 1. The highest BCUT2D eigenvalue weighted by atomic mass is 32.2. The molecule has 0 aromatic heterocycles. The van der Waals surface area contributed by atoms with Crippen molar-refractivity contribution in [3.05, 3.63) is 48.5 Å². The molecule has 2 aromatic rings. The smallest absolute Gasteiger partial charge is 0.243 e. The van der Waals surface area contributed by atoms with Crippen LogP contribution in [0, 0.1) is 0 Å². The predicted octanol–water partition coefficient (Wildman–Crippen LogP) is 1.07. The molecule has 3 rings (SSSR count). The van der Waals surface area contributed by atoms with E-state index in [1.54, 1.807) is 30.3 Å². The molecule has 13 heteroatoms. The third-order valence-corrected chi connectivity index (χ3v) is 8.65. The van der Waals surface area contributed by atoms with E-state index in [4.69, 9.17) is 14.2 Å². The third kappa shape index (κ3) is 6.87. The van der Waals surface area contributed by atoms with Gasteiger partial charge in [-0.15, -0.1) is 0 Å². The maximum Gasteiger partial charge on any atom is 0.243 e. The standard InChI is InChI=1S/C23H31N3O8S2/c1-18(26(35(3,28)29)19-5-4-6-21(17-19)32-2)23(27)24-11-14-34-20-7-9-22(10-8-20)36(30,31)25-12-15-33-16-13-25/h4-10,17-18H,11-16H2,1-3H3,(H,24,27)/t18-/m1/s1. The van der Waals surface area contributed by atoms with Crippen molar-refractivity contribution in [3.63, 3.8) is 0 Å². The van der Waals surface area contributed by atoms with Gasteiger partial charge in [0.15, 0.2) is 0 Å². The number of ether oxygens (including phenoxy) is 3. The van der Waals surface area contributed by atoms with Gasteiger partial charge in [0.2, 0.25) is 26.0 Å². The van der Waals surface area contributed by atoms with Gasteiger partial charge in [0, 0.05) is 19.2 Å². The molecule has 1 atom stereocenters. The van der Waals surface area contributed by atoms with Gasteiger partial charge in [-0.1, -0.05) is 6.07 Å². The number of hydrogen-bond donors (Lipinski definition) is 1. The second kappa shape index (κ2) is 11.9.